The molecule has 7 nitrogen and oxygen atoms in total. The van der Waals surface area contributed by atoms with E-state index >= 15 is 0 Å². The van der Waals surface area contributed by atoms with Gasteiger partial charge in [-0.3, -0.25) is 0 Å². The summed E-state index contributed by atoms with van der Waals surface area (Å²) in [4.78, 5) is 16.5. The highest BCUT2D eigenvalue weighted by molar-refractivity contribution is 5.90. The van der Waals surface area contributed by atoms with Crippen LogP contribution in [-0.4, -0.2) is 30.3 Å². The Hall–Kier alpha value is -3.35. The third kappa shape index (κ3) is 3.66. The van der Waals surface area contributed by atoms with E-state index in [1.54, 1.807) is 12.1 Å². The van der Waals surface area contributed by atoms with Crippen molar-refractivity contribution >= 4 is 5.97 Å². The first-order valence-corrected chi connectivity index (χ1v) is 7.90. The van der Waals surface area contributed by atoms with E-state index < -0.39 is 5.97 Å². The van der Waals surface area contributed by atoms with Gasteiger partial charge in [0.05, 0.1) is 19.8 Å². The third-order valence-electron chi connectivity index (χ3n) is 3.81. The summed E-state index contributed by atoms with van der Waals surface area (Å²) in [7, 11) is 3.06. The molecule has 7 heteroatoms. The summed E-state index contributed by atoms with van der Waals surface area (Å²) in [5.74, 6) is 1.19. The molecule has 134 valence electrons. The van der Waals surface area contributed by atoms with Crippen molar-refractivity contribution in [1.29, 1.82) is 0 Å². The lowest BCUT2D eigenvalue weighted by Gasteiger charge is -2.11. The highest BCUT2D eigenvalue weighted by atomic mass is 16.6. The molecule has 0 saturated heterocycles. The second-order valence-corrected chi connectivity index (χ2v) is 5.46. The summed E-state index contributed by atoms with van der Waals surface area (Å²) in [5.41, 5.74) is 1.94. The molecule has 0 N–H and O–H groups in total. The fourth-order valence-corrected chi connectivity index (χ4v) is 2.43. The van der Waals surface area contributed by atoms with E-state index in [0.29, 0.717) is 22.9 Å². The first-order chi connectivity index (χ1) is 12.6. The maximum Gasteiger partial charge on any atom is 0.338 e. The lowest BCUT2D eigenvalue weighted by Crippen LogP contribution is -2.07. The maximum atomic E-state index is 12.3. The first-order valence-electron chi connectivity index (χ1n) is 7.90. The molecule has 0 spiro atoms. The minimum absolute atomic E-state index is 0.128. The molecule has 1 heterocycles. The van der Waals surface area contributed by atoms with Gasteiger partial charge in [-0.05, 0) is 19.1 Å². The van der Waals surface area contributed by atoms with Crippen LogP contribution in [0.3, 0.4) is 0 Å². The minimum Gasteiger partial charge on any atom is -0.496 e. The van der Waals surface area contributed by atoms with Gasteiger partial charge in [0.15, 0.2) is 6.61 Å². The number of esters is 1. The molecule has 26 heavy (non-hydrogen) atoms. The molecule has 0 bridgehead atoms. The lowest BCUT2D eigenvalue weighted by atomic mass is 10.1. The Labute approximate surface area is 150 Å². The molecular weight excluding hydrogens is 336 g/mol. The van der Waals surface area contributed by atoms with E-state index in [0.717, 1.165) is 11.1 Å². The molecule has 3 rings (SSSR count). The van der Waals surface area contributed by atoms with E-state index in [2.05, 4.69) is 10.1 Å². The molecular formula is C19H18N2O5. The van der Waals surface area contributed by atoms with Crippen LogP contribution in [0.1, 0.15) is 21.8 Å². The number of methoxy groups -OCH3 is 2. The predicted molar refractivity (Wildman–Crippen MR) is 93.1 cm³/mol. The highest BCUT2D eigenvalue weighted by Crippen LogP contribution is 2.29. The largest absolute Gasteiger partial charge is 0.496 e. The van der Waals surface area contributed by atoms with Crippen molar-refractivity contribution in [2.75, 3.05) is 14.2 Å². The number of hydrogen-bond acceptors (Lipinski definition) is 7. The zero-order valence-corrected chi connectivity index (χ0v) is 14.7. The van der Waals surface area contributed by atoms with E-state index in [1.165, 1.54) is 14.2 Å². The topological polar surface area (TPSA) is 83.7 Å². The van der Waals surface area contributed by atoms with Gasteiger partial charge in [0.1, 0.15) is 11.5 Å². The van der Waals surface area contributed by atoms with Crippen LogP contribution in [0.25, 0.3) is 11.4 Å². The Balaban J connectivity index is 1.71. The van der Waals surface area contributed by atoms with Gasteiger partial charge in [-0.15, -0.1) is 0 Å². The van der Waals surface area contributed by atoms with Crippen LogP contribution in [0, 0.1) is 6.92 Å². The standard InChI is InChI=1S/C19H18N2O5/c1-12-15(23-2)9-14(10-16(12)24-3)19(22)25-11-17-20-18(21-26-17)13-7-5-4-6-8-13/h4-10H,11H2,1-3H3. The van der Waals surface area contributed by atoms with Gasteiger partial charge in [-0.1, -0.05) is 35.5 Å². The molecule has 0 aliphatic heterocycles. The van der Waals surface area contributed by atoms with Crippen molar-refractivity contribution in [1.82, 2.24) is 10.1 Å². The average Bonchev–Trinajstić information content (AvgIpc) is 3.16. The molecule has 0 saturated carbocycles. The van der Waals surface area contributed by atoms with Gasteiger partial charge >= 0.3 is 5.97 Å². The number of benzene rings is 2. The summed E-state index contributed by atoms with van der Waals surface area (Å²) >= 11 is 0. The van der Waals surface area contributed by atoms with Crippen LogP contribution in [0.2, 0.25) is 0 Å². The van der Waals surface area contributed by atoms with E-state index in [1.807, 2.05) is 37.3 Å². The monoisotopic (exact) mass is 354 g/mol. The summed E-state index contributed by atoms with van der Waals surface area (Å²) in [6, 6.07) is 12.6. The summed E-state index contributed by atoms with van der Waals surface area (Å²) < 4.78 is 20.9. The fraction of sp³-hybridized carbons (Fsp3) is 0.211. The Morgan fingerprint density at radius 2 is 1.73 bits per heavy atom. The van der Waals surface area contributed by atoms with Crippen LogP contribution >= 0.6 is 0 Å². The predicted octanol–water partition coefficient (Wildman–Crippen LogP) is 3.42. The van der Waals surface area contributed by atoms with Crippen molar-refractivity contribution in [3.05, 3.63) is 59.5 Å². The molecule has 0 amide bonds. The van der Waals surface area contributed by atoms with Crippen LogP contribution in [0.15, 0.2) is 47.0 Å². The number of rotatable bonds is 6. The van der Waals surface area contributed by atoms with Crippen molar-refractivity contribution < 1.29 is 23.5 Å². The second kappa shape index (κ2) is 7.69. The van der Waals surface area contributed by atoms with E-state index in [-0.39, 0.29) is 12.5 Å². The molecule has 2 aromatic carbocycles. The molecule has 0 atom stereocenters. The zero-order chi connectivity index (χ0) is 18.5. The quantitative estimate of drug-likeness (QED) is 0.627. The fourth-order valence-electron chi connectivity index (χ4n) is 2.43. The van der Waals surface area contributed by atoms with Crippen molar-refractivity contribution in [2.45, 2.75) is 13.5 Å². The van der Waals surface area contributed by atoms with Crippen LogP contribution in [-0.2, 0) is 11.3 Å². The molecule has 0 aliphatic rings. The Morgan fingerprint density at radius 3 is 2.35 bits per heavy atom. The third-order valence-corrected chi connectivity index (χ3v) is 3.81. The van der Waals surface area contributed by atoms with Crippen LogP contribution < -0.4 is 9.47 Å². The number of hydrogen-bond donors (Lipinski definition) is 0. The van der Waals surface area contributed by atoms with Gasteiger partial charge in [-0.2, -0.15) is 4.98 Å². The molecule has 3 aromatic rings. The second-order valence-electron chi connectivity index (χ2n) is 5.46. The maximum absolute atomic E-state index is 12.3. The molecule has 1 aromatic heterocycles. The smallest absolute Gasteiger partial charge is 0.338 e. The Bertz CT molecular complexity index is 880. The normalized spacial score (nSPS) is 10.4. The number of aromatic nitrogens is 2. The molecule has 0 fully saturated rings. The number of carbonyl (C=O) groups excluding carboxylic acids is 1. The number of nitrogens with zero attached hydrogens (tertiary/aromatic N) is 2. The van der Waals surface area contributed by atoms with Gasteiger partial charge in [-0.25, -0.2) is 4.79 Å². The molecule has 0 radical (unpaired) electrons. The Morgan fingerprint density at radius 1 is 1.08 bits per heavy atom. The van der Waals surface area contributed by atoms with Crippen molar-refractivity contribution in [2.24, 2.45) is 0 Å². The SMILES string of the molecule is COc1cc(C(=O)OCc2nc(-c3ccccc3)no2)cc(OC)c1C. The average molecular weight is 354 g/mol. The summed E-state index contributed by atoms with van der Waals surface area (Å²) in [5, 5.41) is 3.89. The zero-order valence-electron chi connectivity index (χ0n) is 14.7. The van der Waals surface area contributed by atoms with E-state index in [4.69, 9.17) is 18.7 Å². The van der Waals surface area contributed by atoms with Gasteiger partial charge < -0.3 is 18.7 Å². The summed E-state index contributed by atoms with van der Waals surface area (Å²) in [6.45, 7) is 1.72. The van der Waals surface area contributed by atoms with Crippen molar-refractivity contribution in [3.8, 4) is 22.9 Å². The van der Waals surface area contributed by atoms with Crippen LogP contribution in [0.4, 0.5) is 0 Å². The van der Waals surface area contributed by atoms with E-state index in [9.17, 15) is 4.79 Å². The minimum atomic E-state index is -0.541. The van der Waals surface area contributed by atoms with Crippen molar-refractivity contribution in [3.63, 3.8) is 0 Å². The number of carbonyl (C=O) groups is 1. The Kier molecular flexibility index (Phi) is 5.17. The van der Waals surface area contributed by atoms with Gasteiger partial charge in [0, 0.05) is 11.1 Å². The van der Waals surface area contributed by atoms with Crippen LogP contribution in [0.5, 0.6) is 11.5 Å². The van der Waals surface area contributed by atoms with Gasteiger partial charge in [0.25, 0.3) is 5.89 Å². The lowest BCUT2D eigenvalue weighted by molar-refractivity contribution is 0.0429. The molecule has 0 aliphatic carbocycles. The number of ether oxygens (including phenoxy) is 3. The summed E-state index contributed by atoms with van der Waals surface area (Å²) in [6.07, 6.45) is 0. The highest BCUT2D eigenvalue weighted by Gasteiger charge is 2.16. The first kappa shape index (κ1) is 17.5. The molecule has 0 unspecified atom stereocenters. The van der Waals surface area contributed by atoms with Gasteiger partial charge in [0.2, 0.25) is 5.82 Å².